The summed E-state index contributed by atoms with van der Waals surface area (Å²) in [7, 11) is 0. The third-order valence-corrected chi connectivity index (χ3v) is 2.93. The highest BCUT2D eigenvalue weighted by Gasteiger charge is 2.05. The summed E-state index contributed by atoms with van der Waals surface area (Å²) in [5, 5.41) is 1.93. The second-order valence-corrected chi connectivity index (χ2v) is 4.00. The average molecular weight is 221 g/mol. The molecule has 5 heteroatoms. The van der Waals surface area contributed by atoms with Gasteiger partial charge in [-0.25, -0.2) is 4.98 Å². The molecule has 2 rings (SSSR count). The van der Waals surface area contributed by atoms with E-state index >= 15 is 0 Å². The smallest absolute Gasteiger partial charge is 0.251 e. The standard InChI is InChI=1S/C10H11N3OS/c1-7-9(11)2-3-10(14)13(7)4-8-5-15-6-12-8/h2-3,5-6H,4,11H2,1H3. The van der Waals surface area contributed by atoms with Crippen molar-refractivity contribution in [1.29, 1.82) is 0 Å². The highest BCUT2D eigenvalue weighted by Crippen LogP contribution is 2.09. The van der Waals surface area contributed by atoms with E-state index < -0.39 is 0 Å². The molecule has 15 heavy (non-hydrogen) atoms. The van der Waals surface area contributed by atoms with Crippen LogP contribution < -0.4 is 11.3 Å². The summed E-state index contributed by atoms with van der Waals surface area (Å²) < 4.78 is 1.63. The van der Waals surface area contributed by atoms with Crippen molar-refractivity contribution in [3.05, 3.63) is 44.8 Å². The van der Waals surface area contributed by atoms with Gasteiger partial charge in [-0.3, -0.25) is 4.79 Å². The van der Waals surface area contributed by atoms with E-state index in [2.05, 4.69) is 4.98 Å². The second kappa shape index (κ2) is 3.86. The monoisotopic (exact) mass is 221 g/mol. The molecule has 0 atom stereocenters. The van der Waals surface area contributed by atoms with E-state index in [-0.39, 0.29) is 5.56 Å². The Morgan fingerprint density at radius 2 is 2.33 bits per heavy atom. The molecule has 0 aliphatic rings. The third kappa shape index (κ3) is 1.92. The van der Waals surface area contributed by atoms with E-state index in [1.165, 1.54) is 17.4 Å². The fraction of sp³-hybridized carbons (Fsp3) is 0.200. The lowest BCUT2D eigenvalue weighted by Gasteiger charge is -2.09. The number of hydrogen-bond donors (Lipinski definition) is 1. The zero-order chi connectivity index (χ0) is 10.8. The summed E-state index contributed by atoms with van der Waals surface area (Å²) in [6.07, 6.45) is 0. The van der Waals surface area contributed by atoms with Gasteiger partial charge in [0.1, 0.15) is 0 Å². The maximum absolute atomic E-state index is 11.6. The Hall–Kier alpha value is -1.62. The summed E-state index contributed by atoms with van der Waals surface area (Å²) in [4.78, 5) is 15.7. The topological polar surface area (TPSA) is 60.9 Å². The van der Waals surface area contributed by atoms with Gasteiger partial charge in [0, 0.05) is 17.1 Å². The molecule has 2 heterocycles. The number of thiazole rings is 1. The Balaban J connectivity index is 2.44. The minimum atomic E-state index is -0.0466. The highest BCUT2D eigenvalue weighted by atomic mass is 32.1. The molecule has 0 saturated carbocycles. The van der Waals surface area contributed by atoms with Crippen molar-refractivity contribution < 1.29 is 0 Å². The van der Waals surface area contributed by atoms with Crippen LogP contribution in [0.25, 0.3) is 0 Å². The molecule has 0 unspecified atom stereocenters. The largest absolute Gasteiger partial charge is 0.397 e. The van der Waals surface area contributed by atoms with Gasteiger partial charge in [-0.05, 0) is 13.0 Å². The molecule has 78 valence electrons. The molecule has 2 N–H and O–H groups in total. The SMILES string of the molecule is Cc1c(N)ccc(=O)n1Cc1cscn1. The van der Waals surface area contributed by atoms with Crippen LogP contribution in [0.1, 0.15) is 11.4 Å². The first-order valence-electron chi connectivity index (χ1n) is 4.51. The molecule has 2 aromatic heterocycles. The van der Waals surface area contributed by atoms with Gasteiger partial charge in [0.15, 0.2) is 0 Å². The van der Waals surface area contributed by atoms with Crippen LogP contribution in [0.3, 0.4) is 0 Å². The van der Waals surface area contributed by atoms with E-state index in [0.29, 0.717) is 12.2 Å². The Morgan fingerprint density at radius 3 is 3.00 bits per heavy atom. The summed E-state index contributed by atoms with van der Waals surface area (Å²) >= 11 is 1.52. The van der Waals surface area contributed by atoms with Gasteiger partial charge in [0.05, 0.1) is 23.4 Å². The van der Waals surface area contributed by atoms with Crippen LogP contribution in [-0.2, 0) is 6.54 Å². The van der Waals surface area contributed by atoms with E-state index in [9.17, 15) is 4.79 Å². The van der Waals surface area contributed by atoms with Crippen LogP contribution in [0.15, 0.2) is 27.8 Å². The number of aromatic nitrogens is 2. The number of rotatable bonds is 2. The molecule has 0 aliphatic carbocycles. The van der Waals surface area contributed by atoms with E-state index in [4.69, 9.17) is 5.73 Å². The second-order valence-electron chi connectivity index (χ2n) is 3.28. The van der Waals surface area contributed by atoms with Crippen LogP contribution in [0, 0.1) is 6.92 Å². The summed E-state index contributed by atoms with van der Waals surface area (Å²) in [6, 6.07) is 3.11. The van der Waals surface area contributed by atoms with Gasteiger partial charge >= 0.3 is 0 Å². The number of hydrogen-bond acceptors (Lipinski definition) is 4. The first kappa shape index (κ1) is 9.92. The zero-order valence-corrected chi connectivity index (χ0v) is 9.12. The van der Waals surface area contributed by atoms with Gasteiger partial charge < -0.3 is 10.3 Å². The Bertz CT molecular complexity index is 516. The molecule has 0 amide bonds. The average Bonchev–Trinajstić information content (AvgIpc) is 2.71. The number of pyridine rings is 1. The Labute approximate surface area is 91.0 Å². The zero-order valence-electron chi connectivity index (χ0n) is 8.30. The summed E-state index contributed by atoms with van der Waals surface area (Å²) in [5.74, 6) is 0. The molecule has 0 fully saturated rings. The Morgan fingerprint density at radius 1 is 1.53 bits per heavy atom. The third-order valence-electron chi connectivity index (χ3n) is 2.30. The van der Waals surface area contributed by atoms with Gasteiger partial charge in [-0.1, -0.05) is 0 Å². The van der Waals surface area contributed by atoms with Gasteiger partial charge in [0.25, 0.3) is 5.56 Å². The first-order chi connectivity index (χ1) is 7.18. The maximum Gasteiger partial charge on any atom is 0.251 e. The summed E-state index contributed by atoms with van der Waals surface area (Å²) in [5.41, 5.74) is 9.75. The number of anilines is 1. The minimum absolute atomic E-state index is 0.0466. The maximum atomic E-state index is 11.6. The lowest BCUT2D eigenvalue weighted by Crippen LogP contribution is -2.23. The molecule has 0 bridgehead atoms. The van der Waals surface area contributed by atoms with Crippen molar-refractivity contribution in [2.75, 3.05) is 5.73 Å². The van der Waals surface area contributed by atoms with E-state index in [1.54, 1.807) is 16.1 Å². The molecule has 0 aromatic carbocycles. The number of nitrogens with two attached hydrogens (primary N) is 1. The first-order valence-corrected chi connectivity index (χ1v) is 5.46. The molecular weight excluding hydrogens is 210 g/mol. The van der Waals surface area contributed by atoms with Crippen molar-refractivity contribution >= 4 is 17.0 Å². The van der Waals surface area contributed by atoms with E-state index in [1.807, 2.05) is 12.3 Å². The number of nitrogens with zero attached hydrogens (tertiary/aromatic N) is 2. The number of nitrogen functional groups attached to an aromatic ring is 1. The molecule has 2 aromatic rings. The molecule has 0 spiro atoms. The summed E-state index contributed by atoms with van der Waals surface area (Å²) in [6.45, 7) is 2.32. The Kier molecular flexibility index (Phi) is 2.55. The van der Waals surface area contributed by atoms with Crippen LogP contribution in [0.4, 0.5) is 5.69 Å². The van der Waals surface area contributed by atoms with Gasteiger partial charge in [-0.2, -0.15) is 0 Å². The quantitative estimate of drug-likeness (QED) is 0.830. The van der Waals surface area contributed by atoms with Crippen molar-refractivity contribution in [2.24, 2.45) is 0 Å². The van der Waals surface area contributed by atoms with E-state index in [0.717, 1.165) is 11.4 Å². The van der Waals surface area contributed by atoms with Crippen molar-refractivity contribution in [3.63, 3.8) is 0 Å². The van der Waals surface area contributed by atoms with Crippen LogP contribution in [0.5, 0.6) is 0 Å². The lowest BCUT2D eigenvalue weighted by atomic mass is 10.3. The molecule has 0 saturated heterocycles. The minimum Gasteiger partial charge on any atom is -0.397 e. The van der Waals surface area contributed by atoms with Crippen LogP contribution in [-0.4, -0.2) is 9.55 Å². The predicted molar refractivity (Wildman–Crippen MR) is 61.1 cm³/mol. The molecule has 4 nitrogen and oxygen atoms in total. The van der Waals surface area contributed by atoms with Crippen LogP contribution in [0.2, 0.25) is 0 Å². The van der Waals surface area contributed by atoms with Gasteiger partial charge in [-0.15, -0.1) is 11.3 Å². The van der Waals surface area contributed by atoms with Gasteiger partial charge in [0.2, 0.25) is 0 Å². The predicted octanol–water partition coefficient (Wildman–Crippen LogP) is 1.24. The normalized spacial score (nSPS) is 10.5. The lowest BCUT2D eigenvalue weighted by molar-refractivity contribution is 0.719. The highest BCUT2D eigenvalue weighted by molar-refractivity contribution is 7.07. The van der Waals surface area contributed by atoms with Crippen molar-refractivity contribution in [1.82, 2.24) is 9.55 Å². The molecular formula is C10H11N3OS. The molecule has 0 aliphatic heterocycles. The van der Waals surface area contributed by atoms with Crippen LogP contribution >= 0.6 is 11.3 Å². The molecule has 0 radical (unpaired) electrons. The van der Waals surface area contributed by atoms with Crippen molar-refractivity contribution in [3.8, 4) is 0 Å². The fourth-order valence-electron chi connectivity index (χ4n) is 1.37. The fourth-order valence-corrected chi connectivity index (χ4v) is 1.92. The van der Waals surface area contributed by atoms with Crippen molar-refractivity contribution in [2.45, 2.75) is 13.5 Å².